The first-order valence-electron chi connectivity index (χ1n) is 6.83. The lowest BCUT2D eigenvalue weighted by atomic mass is 9.97. The molecule has 0 amide bonds. The summed E-state index contributed by atoms with van der Waals surface area (Å²) in [6.07, 6.45) is 1.67. The van der Waals surface area contributed by atoms with Crippen LogP contribution in [0.1, 0.15) is 24.6 Å². The Kier molecular flexibility index (Phi) is 5.08. The third kappa shape index (κ3) is 3.77. The van der Waals surface area contributed by atoms with Crippen LogP contribution in [-0.4, -0.2) is 30.6 Å². The van der Waals surface area contributed by atoms with E-state index < -0.39 is 0 Å². The Balaban J connectivity index is 1.82. The average Bonchev–Trinajstić information content (AvgIpc) is 2.88. The van der Waals surface area contributed by atoms with Crippen LogP contribution in [0, 0.1) is 16.0 Å². The topological polar surface area (TPSA) is 73.9 Å². The van der Waals surface area contributed by atoms with Crippen molar-refractivity contribution in [1.29, 1.82) is 0 Å². The van der Waals surface area contributed by atoms with Gasteiger partial charge in [-0.15, -0.1) is 0 Å². The summed E-state index contributed by atoms with van der Waals surface area (Å²) < 4.78 is 5.04. The van der Waals surface area contributed by atoms with E-state index in [-0.39, 0.29) is 21.8 Å². The summed E-state index contributed by atoms with van der Waals surface area (Å²) in [5, 5.41) is 10.8. The van der Waals surface area contributed by atoms with Crippen LogP contribution in [0.15, 0.2) is 12.1 Å². The van der Waals surface area contributed by atoms with Crippen molar-refractivity contribution in [2.75, 3.05) is 19.7 Å². The highest BCUT2D eigenvalue weighted by Crippen LogP contribution is 2.23. The van der Waals surface area contributed by atoms with Gasteiger partial charge in [0.1, 0.15) is 6.54 Å². The Morgan fingerprint density at radius 2 is 2.20 bits per heavy atom. The highest BCUT2D eigenvalue weighted by Gasteiger charge is 2.28. The minimum Gasteiger partial charge on any atom is -0.466 e. The standard InChI is InChI=1S/C13H18N2O4S/c1-2-19-13(16)10-5-7-14(8-6-10)9-11-3-4-12(20-11)15(17)18/h3-4,10H,2,5-9H2,1H3/p+1. The van der Waals surface area contributed by atoms with Gasteiger partial charge in [-0.1, -0.05) is 11.3 Å². The fourth-order valence-electron chi connectivity index (χ4n) is 2.50. The molecule has 0 saturated carbocycles. The number of hydrogen-bond donors (Lipinski definition) is 1. The van der Waals surface area contributed by atoms with Crippen LogP contribution in [0.3, 0.4) is 0 Å². The van der Waals surface area contributed by atoms with Gasteiger partial charge in [0, 0.05) is 18.9 Å². The number of esters is 1. The fraction of sp³-hybridized carbons (Fsp3) is 0.615. The van der Waals surface area contributed by atoms with Crippen LogP contribution < -0.4 is 4.90 Å². The summed E-state index contributed by atoms with van der Waals surface area (Å²) in [6.45, 7) is 4.88. The normalized spacial score (nSPS) is 22.4. The number of piperidine rings is 1. The first kappa shape index (κ1) is 14.9. The lowest BCUT2D eigenvalue weighted by Gasteiger charge is -2.27. The minimum absolute atomic E-state index is 0.0244. The lowest BCUT2D eigenvalue weighted by Crippen LogP contribution is -3.11. The molecule has 1 saturated heterocycles. The number of thiophene rings is 1. The van der Waals surface area contributed by atoms with Gasteiger partial charge in [-0.25, -0.2) is 0 Å². The summed E-state index contributed by atoms with van der Waals surface area (Å²) in [6, 6.07) is 3.39. The van der Waals surface area contributed by atoms with Crippen molar-refractivity contribution in [3.8, 4) is 0 Å². The molecule has 2 heterocycles. The predicted octanol–water partition coefficient (Wildman–Crippen LogP) is 1.01. The zero-order valence-corrected chi connectivity index (χ0v) is 12.3. The minimum atomic E-state index is -0.351. The predicted molar refractivity (Wildman–Crippen MR) is 74.7 cm³/mol. The largest absolute Gasteiger partial charge is 0.466 e. The van der Waals surface area contributed by atoms with Gasteiger partial charge in [0.15, 0.2) is 0 Å². The quantitative estimate of drug-likeness (QED) is 0.500. The van der Waals surface area contributed by atoms with Gasteiger partial charge in [-0.3, -0.25) is 14.9 Å². The third-order valence-electron chi connectivity index (χ3n) is 3.56. The zero-order chi connectivity index (χ0) is 14.5. The summed E-state index contributed by atoms with van der Waals surface area (Å²) in [5.41, 5.74) is 0. The van der Waals surface area contributed by atoms with Crippen LogP contribution in [0.4, 0.5) is 5.00 Å². The number of rotatable bonds is 5. The number of nitro groups is 1. The molecule has 2 rings (SSSR count). The molecule has 0 atom stereocenters. The van der Waals surface area contributed by atoms with E-state index in [0.29, 0.717) is 6.61 Å². The van der Waals surface area contributed by atoms with E-state index >= 15 is 0 Å². The zero-order valence-electron chi connectivity index (χ0n) is 11.5. The van der Waals surface area contributed by atoms with Gasteiger partial charge in [0.2, 0.25) is 0 Å². The molecule has 0 radical (unpaired) electrons. The number of nitrogens with one attached hydrogen (secondary N) is 1. The molecule has 0 aromatic carbocycles. The molecule has 1 aliphatic heterocycles. The molecule has 110 valence electrons. The first-order valence-corrected chi connectivity index (χ1v) is 7.65. The summed E-state index contributed by atoms with van der Waals surface area (Å²) >= 11 is 1.24. The smallest absolute Gasteiger partial charge is 0.324 e. The van der Waals surface area contributed by atoms with Crippen molar-refractivity contribution in [2.45, 2.75) is 26.3 Å². The van der Waals surface area contributed by atoms with Crippen molar-refractivity contribution in [2.24, 2.45) is 5.92 Å². The molecule has 0 spiro atoms. The summed E-state index contributed by atoms with van der Waals surface area (Å²) in [4.78, 5) is 24.3. The Hall–Kier alpha value is -1.47. The van der Waals surface area contributed by atoms with Gasteiger partial charge in [-0.05, 0) is 13.0 Å². The van der Waals surface area contributed by atoms with Crippen molar-refractivity contribution in [1.82, 2.24) is 0 Å². The van der Waals surface area contributed by atoms with E-state index in [0.717, 1.165) is 37.4 Å². The first-order chi connectivity index (χ1) is 9.60. The maximum absolute atomic E-state index is 11.6. The maximum atomic E-state index is 11.6. The van der Waals surface area contributed by atoms with Gasteiger partial charge >= 0.3 is 11.0 Å². The molecule has 1 N–H and O–H groups in total. The molecule has 0 bridgehead atoms. The van der Waals surface area contributed by atoms with Gasteiger partial charge in [-0.2, -0.15) is 0 Å². The lowest BCUT2D eigenvalue weighted by molar-refractivity contribution is -0.919. The highest BCUT2D eigenvalue weighted by molar-refractivity contribution is 7.15. The number of carbonyl (C=O) groups excluding carboxylic acids is 1. The van der Waals surface area contributed by atoms with Crippen LogP contribution in [0.5, 0.6) is 0 Å². The molecule has 1 aliphatic rings. The summed E-state index contributed by atoms with van der Waals surface area (Å²) in [7, 11) is 0. The number of ether oxygens (including phenoxy) is 1. The van der Waals surface area contributed by atoms with Gasteiger partial charge in [0.05, 0.1) is 35.4 Å². The second-order valence-electron chi connectivity index (χ2n) is 4.95. The maximum Gasteiger partial charge on any atom is 0.324 e. The molecule has 6 nitrogen and oxygen atoms in total. The molecule has 1 fully saturated rings. The van der Waals surface area contributed by atoms with E-state index in [1.807, 2.05) is 13.0 Å². The molecule has 1 aromatic rings. The number of hydrogen-bond acceptors (Lipinski definition) is 5. The van der Waals surface area contributed by atoms with E-state index in [4.69, 9.17) is 4.74 Å². The van der Waals surface area contributed by atoms with Crippen LogP contribution >= 0.6 is 11.3 Å². The van der Waals surface area contributed by atoms with Crippen molar-refractivity contribution >= 4 is 22.3 Å². The number of nitrogens with zero attached hydrogens (tertiary/aromatic N) is 1. The van der Waals surface area contributed by atoms with Crippen molar-refractivity contribution in [3.63, 3.8) is 0 Å². The van der Waals surface area contributed by atoms with E-state index in [1.54, 1.807) is 6.07 Å². The number of carbonyl (C=O) groups is 1. The molecule has 1 aromatic heterocycles. The fourth-order valence-corrected chi connectivity index (χ4v) is 3.40. The second kappa shape index (κ2) is 6.81. The Labute approximate surface area is 121 Å². The Morgan fingerprint density at radius 1 is 1.50 bits per heavy atom. The van der Waals surface area contributed by atoms with Crippen LogP contribution in [0.2, 0.25) is 0 Å². The summed E-state index contributed by atoms with van der Waals surface area (Å²) in [5.74, 6) is -0.0605. The molecule has 20 heavy (non-hydrogen) atoms. The molecule has 0 unspecified atom stereocenters. The number of likely N-dealkylation sites (tertiary alicyclic amines) is 1. The van der Waals surface area contributed by atoms with E-state index in [2.05, 4.69) is 0 Å². The van der Waals surface area contributed by atoms with Crippen LogP contribution in [-0.2, 0) is 16.1 Å². The monoisotopic (exact) mass is 299 g/mol. The van der Waals surface area contributed by atoms with Gasteiger partial charge in [0.25, 0.3) is 0 Å². The highest BCUT2D eigenvalue weighted by atomic mass is 32.1. The Bertz CT molecular complexity index is 480. The SMILES string of the molecule is CCOC(=O)C1CC[NH+](Cc2ccc([N+](=O)[O-])s2)CC1. The number of quaternary nitrogens is 1. The molecular formula is C13H19N2O4S+. The van der Waals surface area contributed by atoms with Gasteiger partial charge < -0.3 is 9.64 Å². The van der Waals surface area contributed by atoms with E-state index in [9.17, 15) is 14.9 Å². The third-order valence-corrected chi connectivity index (χ3v) is 4.60. The van der Waals surface area contributed by atoms with E-state index in [1.165, 1.54) is 16.2 Å². The van der Waals surface area contributed by atoms with Crippen LogP contribution in [0.25, 0.3) is 0 Å². The van der Waals surface area contributed by atoms with Crippen molar-refractivity contribution < 1.29 is 19.4 Å². The molecule has 0 aliphatic carbocycles. The molecule has 7 heteroatoms. The Morgan fingerprint density at radius 3 is 2.75 bits per heavy atom. The second-order valence-corrected chi connectivity index (χ2v) is 6.10. The van der Waals surface area contributed by atoms with Crippen molar-refractivity contribution in [3.05, 3.63) is 27.1 Å². The average molecular weight is 299 g/mol. The molecular weight excluding hydrogens is 280 g/mol.